The van der Waals surface area contributed by atoms with Gasteiger partial charge in [0, 0.05) is 11.8 Å². The molecule has 3 rings (SSSR count). The molecule has 0 bridgehead atoms. The predicted molar refractivity (Wildman–Crippen MR) is 98.2 cm³/mol. The Labute approximate surface area is 138 Å². The highest BCUT2D eigenvalue weighted by Crippen LogP contribution is 2.31. The van der Waals surface area contributed by atoms with Crippen LogP contribution in [0.1, 0.15) is 18.1 Å². The molecule has 120 valence electrons. The van der Waals surface area contributed by atoms with Gasteiger partial charge in [0.2, 0.25) is 0 Å². The van der Waals surface area contributed by atoms with Crippen LogP contribution in [-0.2, 0) is 11.8 Å². The van der Waals surface area contributed by atoms with Crippen molar-refractivity contribution in [2.45, 2.75) is 38.3 Å². The Bertz CT molecular complexity index is 831. The first-order valence-electron chi connectivity index (χ1n) is 8.00. The van der Waals surface area contributed by atoms with Crippen molar-refractivity contribution in [2.24, 2.45) is 0 Å². The molecule has 1 heterocycles. The molecule has 4 heteroatoms. The van der Waals surface area contributed by atoms with Gasteiger partial charge in [0.1, 0.15) is 0 Å². The lowest BCUT2D eigenvalue weighted by atomic mass is 10.1. The Morgan fingerprint density at radius 3 is 2.48 bits per heavy atom. The average molecular weight is 325 g/mol. The summed E-state index contributed by atoms with van der Waals surface area (Å²) in [5.41, 5.74) is 2.13. The molecule has 0 aliphatic carbocycles. The van der Waals surface area contributed by atoms with Crippen LogP contribution in [0.15, 0.2) is 54.9 Å². The molecule has 3 nitrogen and oxygen atoms in total. The summed E-state index contributed by atoms with van der Waals surface area (Å²) in [7, 11) is -1.74. The summed E-state index contributed by atoms with van der Waals surface area (Å²) in [6.07, 6.45) is 3.78. The predicted octanol–water partition coefficient (Wildman–Crippen LogP) is 4.17. The van der Waals surface area contributed by atoms with Crippen molar-refractivity contribution in [1.29, 1.82) is 0 Å². The number of fused-ring (bicyclic) bond motifs is 1. The zero-order valence-electron chi connectivity index (χ0n) is 14.2. The van der Waals surface area contributed by atoms with Crippen molar-refractivity contribution < 1.29 is 5.11 Å². The Balaban J connectivity index is 1.86. The van der Waals surface area contributed by atoms with Crippen molar-refractivity contribution in [3.05, 3.63) is 66.0 Å². The highest BCUT2D eigenvalue weighted by molar-refractivity contribution is 6.78. The second kappa shape index (κ2) is 5.62. The fraction of sp³-hybridized carbons (Fsp3) is 0.316. The number of nitrogens with zero attached hydrogens (tertiary/aromatic N) is 2. The van der Waals surface area contributed by atoms with Gasteiger partial charge in [0.15, 0.2) is 0 Å². The molecule has 0 aliphatic heterocycles. The molecule has 23 heavy (non-hydrogen) atoms. The van der Waals surface area contributed by atoms with Crippen LogP contribution in [0.4, 0.5) is 0 Å². The molecule has 0 radical (unpaired) electrons. The third-order valence-electron chi connectivity index (χ3n) is 4.81. The topological polar surface area (TPSA) is 38.1 Å². The molecule has 1 atom stereocenters. The third-order valence-corrected chi connectivity index (χ3v) is 8.02. The summed E-state index contributed by atoms with van der Waals surface area (Å²) < 4.78 is 1.91. The molecule has 3 aromatic rings. The van der Waals surface area contributed by atoms with Gasteiger partial charge in [0.25, 0.3) is 0 Å². The zero-order valence-corrected chi connectivity index (χ0v) is 15.2. The summed E-state index contributed by atoms with van der Waals surface area (Å²) in [5.74, 6) is 0. The van der Waals surface area contributed by atoms with Gasteiger partial charge in [-0.15, -0.1) is 0 Å². The Hall–Kier alpha value is -1.91. The number of hydrogen-bond donors (Lipinski definition) is 1. The van der Waals surface area contributed by atoms with E-state index in [0.29, 0.717) is 6.54 Å². The van der Waals surface area contributed by atoms with E-state index in [0.717, 1.165) is 5.56 Å². The van der Waals surface area contributed by atoms with Gasteiger partial charge in [-0.25, -0.2) is 0 Å². The first kappa shape index (κ1) is 16.0. The highest BCUT2D eigenvalue weighted by Gasteiger charge is 2.39. The minimum atomic E-state index is -1.74. The van der Waals surface area contributed by atoms with E-state index in [-0.39, 0.29) is 0 Å². The maximum absolute atomic E-state index is 10.9. The molecule has 0 saturated heterocycles. The van der Waals surface area contributed by atoms with Crippen molar-refractivity contribution in [3.8, 4) is 0 Å². The number of hydrogen-bond acceptors (Lipinski definition) is 2. The average Bonchev–Trinajstić information content (AvgIpc) is 2.95. The van der Waals surface area contributed by atoms with Crippen LogP contribution in [0.5, 0.6) is 0 Å². The SMILES string of the molecule is CC(O)(c1cnn(Cc2ccc3ccccc3c2)c1)[Si](C)(C)C. The summed E-state index contributed by atoms with van der Waals surface area (Å²) in [6.45, 7) is 9.15. The van der Waals surface area contributed by atoms with E-state index in [1.165, 1.54) is 16.3 Å². The van der Waals surface area contributed by atoms with Gasteiger partial charge in [-0.05, 0) is 29.3 Å². The smallest absolute Gasteiger partial charge is 0.0875 e. The number of aromatic nitrogens is 2. The number of benzene rings is 2. The quantitative estimate of drug-likeness (QED) is 0.732. The fourth-order valence-corrected chi connectivity index (χ4v) is 3.65. The largest absolute Gasteiger partial charge is 0.389 e. The van der Waals surface area contributed by atoms with E-state index in [2.05, 4.69) is 67.2 Å². The van der Waals surface area contributed by atoms with Crippen molar-refractivity contribution in [1.82, 2.24) is 9.78 Å². The summed E-state index contributed by atoms with van der Waals surface area (Å²) >= 11 is 0. The van der Waals surface area contributed by atoms with Gasteiger partial charge >= 0.3 is 0 Å². The van der Waals surface area contributed by atoms with E-state index in [9.17, 15) is 5.11 Å². The molecule has 0 fully saturated rings. The second-order valence-corrected chi connectivity index (χ2v) is 12.9. The first-order chi connectivity index (χ1) is 10.8. The van der Waals surface area contributed by atoms with Gasteiger partial charge in [-0.1, -0.05) is 56.0 Å². The van der Waals surface area contributed by atoms with Gasteiger partial charge in [0.05, 0.1) is 26.0 Å². The Kier molecular flexibility index (Phi) is 3.90. The van der Waals surface area contributed by atoms with Crippen LogP contribution in [-0.4, -0.2) is 23.0 Å². The lowest BCUT2D eigenvalue weighted by Gasteiger charge is -2.34. The Morgan fingerprint density at radius 1 is 1.09 bits per heavy atom. The molecule has 1 aromatic heterocycles. The van der Waals surface area contributed by atoms with E-state index in [1.54, 1.807) is 6.20 Å². The van der Waals surface area contributed by atoms with E-state index in [4.69, 9.17) is 0 Å². The number of rotatable bonds is 4. The molecular formula is C19H24N2OSi. The van der Waals surface area contributed by atoms with Crippen LogP contribution in [0.2, 0.25) is 19.6 Å². The molecular weight excluding hydrogens is 300 g/mol. The van der Waals surface area contributed by atoms with Crippen molar-refractivity contribution in [2.75, 3.05) is 0 Å². The molecule has 1 N–H and O–H groups in total. The van der Waals surface area contributed by atoms with E-state index >= 15 is 0 Å². The molecule has 0 aliphatic rings. The van der Waals surface area contributed by atoms with Crippen LogP contribution in [0.3, 0.4) is 0 Å². The van der Waals surface area contributed by atoms with E-state index in [1.807, 2.05) is 17.8 Å². The standard InChI is InChI=1S/C19H24N2OSi/c1-19(22,23(2,3)4)18-12-20-21(14-18)13-15-9-10-16-7-5-6-8-17(16)11-15/h5-12,14,22H,13H2,1-4H3. The minimum absolute atomic E-state index is 0.715. The fourth-order valence-electron chi connectivity index (χ4n) is 2.66. The molecule has 0 saturated carbocycles. The molecule has 2 aromatic carbocycles. The van der Waals surface area contributed by atoms with Crippen LogP contribution >= 0.6 is 0 Å². The molecule has 1 unspecified atom stereocenters. The lowest BCUT2D eigenvalue weighted by molar-refractivity contribution is 0.136. The normalized spacial score (nSPS) is 14.8. The third kappa shape index (κ3) is 3.09. The van der Waals surface area contributed by atoms with Crippen LogP contribution in [0, 0.1) is 0 Å². The second-order valence-electron chi connectivity index (χ2n) is 7.43. The lowest BCUT2D eigenvalue weighted by Crippen LogP contribution is -2.46. The maximum Gasteiger partial charge on any atom is 0.0875 e. The minimum Gasteiger partial charge on any atom is -0.389 e. The maximum atomic E-state index is 10.9. The van der Waals surface area contributed by atoms with Crippen molar-refractivity contribution in [3.63, 3.8) is 0 Å². The van der Waals surface area contributed by atoms with Gasteiger partial charge < -0.3 is 5.11 Å². The summed E-state index contributed by atoms with van der Waals surface area (Å²) in [4.78, 5) is 0. The zero-order chi connectivity index (χ0) is 16.7. The summed E-state index contributed by atoms with van der Waals surface area (Å²) in [6, 6.07) is 14.9. The van der Waals surface area contributed by atoms with E-state index < -0.39 is 13.3 Å². The molecule has 0 amide bonds. The van der Waals surface area contributed by atoms with Crippen LogP contribution in [0.25, 0.3) is 10.8 Å². The highest BCUT2D eigenvalue weighted by atomic mass is 28.3. The van der Waals surface area contributed by atoms with Gasteiger partial charge in [-0.2, -0.15) is 5.10 Å². The number of aliphatic hydroxyl groups is 1. The first-order valence-corrected chi connectivity index (χ1v) is 11.5. The van der Waals surface area contributed by atoms with Gasteiger partial charge in [-0.3, -0.25) is 4.68 Å². The van der Waals surface area contributed by atoms with Crippen LogP contribution < -0.4 is 0 Å². The monoisotopic (exact) mass is 324 g/mol. The summed E-state index contributed by atoms with van der Waals surface area (Å²) in [5, 5.41) is 17.0. The molecule has 0 spiro atoms. The van der Waals surface area contributed by atoms with Crippen molar-refractivity contribution >= 4 is 18.8 Å². The Morgan fingerprint density at radius 2 is 1.78 bits per heavy atom.